The van der Waals surface area contributed by atoms with Crippen molar-refractivity contribution in [2.45, 2.75) is 6.92 Å². The van der Waals surface area contributed by atoms with Crippen LogP contribution in [0.5, 0.6) is 11.5 Å². The number of ether oxygens (including phenoxy) is 2. The summed E-state index contributed by atoms with van der Waals surface area (Å²) in [6.07, 6.45) is 2.09. The number of aryl methyl sites for hydroxylation is 2. The first kappa shape index (κ1) is 23.3. The number of hydrogen-bond acceptors (Lipinski definition) is 3. The summed E-state index contributed by atoms with van der Waals surface area (Å²) in [5, 5.41) is 0. The minimum Gasteiger partial charge on any atom is -0.497 e. The van der Waals surface area contributed by atoms with E-state index in [1.54, 1.807) is 14.2 Å². The molecular weight excluding hydrogens is 444 g/mol. The molecule has 4 nitrogen and oxygen atoms in total. The summed E-state index contributed by atoms with van der Waals surface area (Å²) >= 11 is 0. The van der Waals surface area contributed by atoms with Crippen molar-refractivity contribution in [1.29, 1.82) is 0 Å². The van der Waals surface area contributed by atoms with E-state index < -0.39 is 0 Å². The predicted molar refractivity (Wildman–Crippen MR) is 145 cm³/mol. The van der Waals surface area contributed by atoms with Crippen LogP contribution in [0, 0.1) is 6.92 Å². The van der Waals surface area contributed by atoms with Crippen molar-refractivity contribution in [2.24, 2.45) is 7.05 Å². The topological polar surface area (TPSA) is 35.2 Å². The van der Waals surface area contributed by atoms with E-state index in [1.807, 2.05) is 36.4 Å². The highest BCUT2D eigenvalue weighted by atomic mass is 16.5. The van der Waals surface area contributed by atoms with Gasteiger partial charge in [0.05, 0.1) is 19.8 Å². The summed E-state index contributed by atoms with van der Waals surface area (Å²) in [5.74, 6) is 1.67. The van der Waals surface area contributed by atoms with Gasteiger partial charge in [-0.15, -0.1) is 0 Å². The van der Waals surface area contributed by atoms with Gasteiger partial charge in [0.25, 0.3) is 0 Å². The Morgan fingerprint density at radius 2 is 1.22 bits per heavy atom. The van der Waals surface area contributed by atoms with Crippen LogP contribution in [-0.2, 0) is 7.05 Å². The molecule has 1 aromatic heterocycles. The van der Waals surface area contributed by atoms with E-state index in [1.165, 1.54) is 11.1 Å². The van der Waals surface area contributed by atoms with Crippen molar-refractivity contribution in [2.75, 3.05) is 14.2 Å². The van der Waals surface area contributed by atoms with E-state index in [0.717, 1.165) is 50.8 Å². The first-order valence-corrected chi connectivity index (χ1v) is 11.9. The standard InChI is InChI=1S/C32H29N2O2/c1-22-20-28(36-4)18-19-29(22)32-31(26-12-10-24(11-13-26)23-8-6-5-7-9-23)33-30(21-34(32)2)25-14-16-27(35-3)17-15-25/h5-21H,1-4H3/q+1. The smallest absolute Gasteiger partial charge is 0.239 e. The summed E-state index contributed by atoms with van der Waals surface area (Å²) < 4.78 is 13.0. The monoisotopic (exact) mass is 473 g/mol. The molecule has 178 valence electrons. The van der Waals surface area contributed by atoms with E-state index in [2.05, 4.69) is 85.4 Å². The normalized spacial score (nSPS) is 10.8. The molecule has 5 aromatic rings. The first-order valence-electron chi connectivity index (χ1n) is 11.9. The van der Waals surface area contributed by atoms with Crippen LogP contribution in [0.25, 0.3) is 44.9 Å². The zero-order chi connectivity index (χ0) is 25.1. The molecule has 0 saturated heterocycles. The van der Waals surface area contributed by atoms with Crippen molar-refractivity contribution in [3.05, 3.63) is 109 Å². The number of aromatic nitrogens is 2. The third-order valence-electron chi connectivity index (χ3n) is 6.47. The van der Waals surface area contributed by atoms with Gasteiger partial charge in [0, 0.05) is 11.1 Å². The summed E-state index contributed by atoms with van der Waals surface area (Å²) in [6.45, 7) is 2.11. The van der Waals surface area contributed by atoms with Crippen LogP contribution in [0.4, 0.5) is 0 Å². The molecule has 5 rings (SSSR count). The van der Waals surface area contributed by atoms with Gasteiger partial charge in [0.1, 0.15) is 29.9 Å². The number of benzene rings is 4. The molecule has 0 aliphatic rings. The minimum atomic E-state index is 0.824. The maximum Gasteiger partial charge on any atom is 0.239 e. The number of rotatable bonds is 6. The molecule has 0 aliphatic heterocycles. The lowest BCUT2D eigenvalue weighted by Crippen LogP contribution is -2.32. The Balaban J connectivity index is 1.68. The van der Waals surface area contributed by atoms with Gasteiger partial charge in [0.15, 0.2) is 6.20 Å². The lowest BCUT2D eigenvalue weighted by molar-refractivity contribution is -0.659. The molecule has 4 aromatic carbocycles. The van der Waals surface area contributed by atoms with Crippen LogP contribution < -0.4 is 14.0 Å². The molecule has 0 bridgehead atoms. The van der Waals surface area contributed by atoms with Gasteiger partial charge < -0.3 is 9.47 Å². The fraction of sp³-hybridized carbons (Fsp3) is 0.125. The van der Waals surface area contributed by atoms with Crippen molar-refractivity contribution in [1.82, 2.24) is 4.98 Å². The summed E-state index contributed by atoms with van der Waals surface area (Å²) in [5.41, 5.74) is 9.60. The molecule has 0 aliphatic carbocycles. The first-order chi connectivity index (χ1) is 17.6. The van der Waals surface area contributed by atoms with Gasteiger partial charge >= 0.3 is 0 Å². The summed E-state index contributed by atoms with van der Waals surface area (Å²) in [7, 11) is 5.45. The molecule has 0 atom stereocenters. The molecule has 4 heteroatoms. The maximum atomic E-state index is 5.45. The summed E-state index contributed by atoms with van der Waals surface area (Å²) in [6, 6.07) is 33.3. The largest absolute Gasteiger partial charge is 0.497 e. The van der Waals surface area contributed by atoms with Crippen LogP contribution >= 0.6 is 0 Å². The van der Waals surface area contributed by atoms with Gasteiger partial charge in [-0.3, -0.25) is 0 Å². The Kier molecular flexibility index (Phi) is 6.50. The van der Waals surface area contributed by atoms with Gasteiger partial charge in [-0.2, -0.15) is 4.57 Å². The quantitative estimate of drug-likeness (QED) is 0.252. The average Bonchev–Trinajstić information content (AvgIpc) is 2.93. The van der Waals surface area contributed by atoms with Crippen molar-refractivity contribution in [3.63, 3.8) is 0 Å². The molecule has 1 heterocycles. The molecule has 0 amide bonds. The Morgan fingerprint density at radius 3 is 1.86 bits per heavy atom. The fourth-order valence-electron chi connectivity index (χ4n) is 4.52. The Bertz CT molecular complexity index is 1490. The second-order valence-electron chi connectivity index (χ2n) is 8.79. The van der Waals surface area contributed by atoms with Gasteiger partial charge in [-0.25, -0.2) is 4.98 Å². The van der Waals surface area contributed by atoms with Gasteiger partial charge in [-0.1, -0.05) is 54.6 Å². The minimum absolute atomic E-state index is 0.824. The molecular formula is C32H29N2O2+. The number of methoxy groups -OCH3 is 2. The van der Waals surface area contributed by atoms with Crippen LogP contribution in [0.3, 0.4) is 0 Å². The third kappa shape index (κ3) is 4.58. The molecule has 0 N–H and O–H groups in total. The maximum absolute atomic E-state index is 5.45. The van der Waals surface area contributed by atoms with Crippen LogP contribution in [0.15, 0.2) is 103 Å². The molecule has 0 radical (unpaired) electrons. The fourth-order valence-corrected chi connectivity index (χ4v) is 4.52. The Morgan fingerprint density at radius 1 is 0.639 bits per heavy atom. The van der Waals surface area contributed by atoms with E-state index in [-0.39, 0.29) is 0 Å². The second-order valence-corrected chi connectivity index (χ2v) is 8.79. The highest BCUT2D eigenvalue weighted by Gasteiger charge is 2.23. The van der Waals surface area contributed by atoms with E-state index in [9.17, 15) is 0 Å². The van der Waals surface area contributed by atoms with E-state index >= 15 is 0 Å². The summed E-state index contributed by atoms with van der Waals surface area (Å²) in [4.78, 5) is 5.20. The Labute approximate surface area is 212 Å². The molecule has 36 heavy (non-hydrogen) atoms. The molecule has 0 fully saturated rings. The molecule has 0 saturated carbocycles. The SMILES string of the molecule is COc1ccc(-c2c[n+](C)c(-c3ccc(OC)cc3C)c(-c3ccc(-c4ccccc4)cc3)n2)cc1. The highest BCUT2D eigenvalue weighted by Crippen LogP contribution is 2.34. The molecule has 0 spiro atoms. The lowest BCUT2D eigenvalue weighted by Gasteiger charge is -2.13. The Hall–Kier alpha value is -4.44. The van der Waals surface area contributed by atoms with Crippen molar-refractivity contribution in [3.8, 4) is 56.4 Å². The highest BCUT2D eigenvalue weighted by molar-refractivity contribution is 5.80. The number of nitrogens with zero attached hydrogens (tertiary/aromatic N) is 2. The van der Waals surface area contributed by atoms with Crippen LogP contribution in [0.1, 0.15) is 5.56 Å². The van der Waals surface area contributed by atoms with Crippen molar-refractivity contribution < 1.29 is 14.0 Å². The van der Waals surface area contributed by atoms with Gasteiger partial charge in [0.2, 0.25) is 5.69 Å². The average molecular weight is 474 g/mol. The zero-order valence-electron chi connectivity index (χ0n) is 21.0. The predicted octanol–water partition coefficient (Wildman–Crippen LogP) is 6.90. The van der Waals surface area contributed by atoms with Crippen LogP contribution in [0.2, 0.25) is 0 Å². The van der Waals surface area contributed by atoms with E-state index in [0.29, 0.717) is 0 Å². The van der Waals surface area contributed by atoms with Crippen molar-refractivity contribution >= 4 is 0 Å². The van der Waals surface area contributed by atoms with Crippen LogP contribution in [-0.4, -0.2) is 19.2 Å². The number of hydrogen-bond donors (Lipinski definition) is 0. The second kappa shape index (κ2) is 10.0. The van der Waals surface area contributed by atoms with Gasteiger partial charge in [-0.05, 0) is 66.1 Å². The zero-order valence-corrected chi connectivity index (χ0v) is 21.0. The molecule has 0 unspecified atom stereocenters. The lowest BCUT2D eigenvalue weighted by atomic mass is 9.97. The third-order valence-corrected chi connectivity index (χ3v) is 6.47. The van der Waals surface area contributed by atoms with E-state index in [4.69, 9.17) is 14.5 Å².